The number of rotatable bonds is 5. The molecule has 5 rings (SSSR count). The molecule has 2 aliphatic heterocycles. The van der Waals surface area contributed by atoms with E-state index in [0.717, 1.165) is 5.56 Å². The molecule has 33 heavy (non-hydrogen) atoms. The van der Waals surface area contributed by atoms with Gasteiger partial charge in [0, 0.05) is 26.2 Å². The highest BCUT2D eigenvalue weighted by atomic mass is 16.5. The molecular weight excluding hydrogens is 422 g/mol. The fourth-order valence-electron chi connectivity index (χ4n) is 4.11. The van der Waals surface area contributed by atoms with Crippen LogP contribution in [0.25, 0.3) is 0 Å². The Morgan fingerprint density at radius 1 is 0.939 bits per heavy atom. The first kappa shape index (κ1) is 21.1. The van der Waals surface area contributed by atoms with Crippen LogP contribution in [0, 0.1) is 0 Å². The minimum atomic E-state index is -0.175. The van der Waals surface area contributed by atoms with Crippen molar-refractivity contribution in [3.8, 4) is 5.75 Å². The number of piperazine rings is 1. The maximum atomic E-state index is 13.1. The number of carbonyl (C=O) groups is 2. The molecule has 0 spiro atoms. The first-order valence-electron chi connectivity index (χ1n) is 11.0. The predicted molar refractivity (Wildman–Crippen MR) is 118 cm³/mol. The Morgan fingerprint density at radius 3 is 2.33 bits per heavy atom. The van der Waals surface area contributed by atoms with Crippen LogP contribution in [0.15, 0.2) is 60.7 Å². The third-order valence-electron chi connectivity index (χ3n) is 6.00. The second-order valence-corrected chi connectivity index (χ2v) is 8.05. The lowest BCUT2D eigenvalue weighted by Crippen LogP contribution is -2.51. The molecule has 0 N–H and O–H groups in total. The minimum Gasteiger partial charge on any atom is -0.484 e. The molecule has 1 atom stereocenters. The van der Waals surface area contributed by atoms with Gasteiger partial charge in [0.2, 0.25) is 0 Å². The Hall–Kier alpha value is -3.72. The highest BCUT2D eigenvalue weighted by Gasteiger charge is 2.32. The molecule has 1 fully saturated rings. The molecule has 0 bridgehead atoms. The lowest BCUT2D eigenvalue weighted by Gasteiger charge is -2.34. The fraction of sp³-hybridized carbons (Fsp3) is 0.333. The normalized spacial score (nSPS) is 18.0. The lowest BCUT2D eigenvalue weighted by molar-refractivity contribution is -0.134. The van der Waals surface area contributed by atoms with Gasteiger partial charge in [-0.2, -0.15) is 0 Å². The molecule has 2 amide bonds. The van der Waals surface area contributed by atoms with Crippen LogP contribution in [0.2, 0.25) is 0 Å². The standard InChI is InChI=1S/C24H25N5O4/c30-22(17-32-19-9-5-2-6-10-19)27-11-13-28(14-12-27)24(31)23-20-16-33-21(15-29(20)26-25-23)18-7-3-1-4-8-18/h1-10,21H,11-17H2/t21-/m1/s1. The second kappa shape index (κ2) is 9.41. The van der Waals surface area contributed by atoms with Gasteiger partial charge in [0.25, 0.3) is 11.8 Å². The van der Waals surface area contributed by atoms with Crippen LogP contribution in [-0.4, -0.2) is 69.4 Å². The van der Waals surface area contributed by atoms with Crippen molar-refractivity contribution < 1.29 is 19.1 Å². The zero-order valence-corrected chi connectivity index (χ0v) is 18.2. The summed E-state index contributed by atoms with van der Waals surface area (Å²) in [4.78, 5) is 29.0. The van der Waals surface area contributed by atoms with E-state index in [0.29, 0.717) is 49.9 Å². The molecule has 0 radical (unpaired) electrons. The predicted octanol–water partition coefficient (Wildman–Crippen LogP) is 1.91. The number of para-hydroxylation sites is 1. The third kappa shape index (κ3) is 4.58. The highest BCUT2D eigenvalue weighted by molar-refractivity contribution is 5.93. The molecule has 0 aliphatic carbocycles. The number of carbonyl (C=O) groups excluding carboxylic acids is 2. The molecule has 9 nitrogen and oxygen atoms in total. The van der Waals surface area contributed by atoms with Crippen molar-refractivity contribution in [2.24, 2.45) is 0 Å². The van der Waals surface area contributed by atoms with Gasteiger partial charge in [-0.25, -0.2) is 4.68 Å². The van der Waals surface area contributed by atoms with E-state index in [1.165, 1.54) is 0 Å². The number of hydrogen-bond donors (Lipinski definition) is 0. The van der Waals surface area contributed by atoms with Crippen LogP contribution in [0.4, 0.5) is 0 Å². The summed E-state index contributed by atoms with van der Waals surface area (Å²) in [6.45, 7) is 2.57. The monoisotopic (exact) mass is 447 g/mol. The number of nitrogens with zero attached hydrogens (tertiary/aromatic N) is 5. The average molecular weight is 447 g/mol. The quantitative estimate of drug-likeness (QED) is 0.594. The molecule has 3 aromatic rings. The van der Waals surface area contributed by atoms with Crippen molar-refractivity contribution in [2.45, 2.75) is 19.3 Å². The van der Waals surface area contributed by atoms with E-state index >= 15 is 0 Å². The Labute approximate surface area is 191 Å². The van der Waals surface area contributed by atoms with E-state index in [-0.39, 0.29) is 31.1 Å². The number of ether oxygens (including phenoxy) is 2. The molecule has 1 aromatic heterocycles. The van der Waals surface area contributed by atoms with E-state index in [9.17, 15) is 9.59 Å². The lowest BCUT2D eigenvalue weighted by atomic mass is 10.1. The van der Waals surface area contributed by atoms with Gasteiger partial charge >= 0.3 is 0 Å². The molecular formula is C24H25N5O4. The molecule has 1 saturated heterocycles. The number of benzene rings is 2. The number of hydrogen-bond acceptors (Lipinski definition) is 6. The van der Waals surface area contributed by atoms with E-state index in [1.807, 2.05) is 60.7 Å². The summed E-state index contributed by atoms with van der Waals surface area (Å²) in [6.07, 6.45) is -0.115. The van der Waals surface area contributed by atoms with Crippen LogP contribution in [0.3, 0.4) is 0 Å². The second-order valence-electron chi connectivity index (χ2n) is 8.05. The largest absolute Gasteiger partial charge is 0.484 e. The number of aromatic nitrogens is 3. The van der Waals surface area contributed by atoms with Crippen LogP contribution in [0.1, 0.15) is 27.8 Å². The van der Waals surface area contributed by atoms with Crippen LogP contribution >= 0.6 is 0 Å². The SMILES string of the molecule is O=C(COc1ccccc1)N1CCN(C(=O)c2nnn3c2CO[C@@H](c2ccccc2)C3)CC1. The Balaban J connectivity index is 1.16. The average Bonchev–Trinajstić information content (AvgIpc) is 3.31. The highest BCUT2D eigenvalue weighted by Crippen LogP contribution is 2.27. The van der Waals surface area contributed by atoms with Crippen molar-refractivity contribution in [1.29, 1.82) is 0 Å². The van der Waals surface area contributed by atoms with Gasteiger partial charge in [0.05, 0.1) is 18.8 Å². The maximum Gasteiger partial charge on any atom is 0.276 e. The molecule has 170 valence electrons. The van der Waals surface area contributed by atoms with Crippen LogP contribution in [0.5, 0.6) is 5.75 Å². The first-order valence-corrected chi connectivity index (χ1v) is 11.0. The number of amides is 2. The van der Waals surface area contributed by atoms with Gasteiger partial charge in [0.15, 0.2) is 12.3 Å². The van der Waals surface area contributed by atoms with E-state index in [4.69, 9.17) is 9.47 Å². The van der Waals surface area contributed by atoms with E-state index < -0.39 is 0 Å². The van der Waals surface area contributed by atoms with Crippen molar-refractivity contribution in [1.82, 2.24) is 24.8 Å². The van der Waals surface area contributed by atoms with Gasteiger partial charge in [-0.1, -0.05) is 53.7 Å². The molecule has 2 aromatic carbocycles. The first-order chi connectivity index (χ1) is 16.2. The van der Waals surface area contributed by atoms with Crippen LogP contribution < -0.4 is 4.74 Å². The van der Waals surface area contributed by atoms with Crippen molar-refractivity contribution in [2.75, 3.05) is 32.8 Å². The van der Waals surface area contributed by atoms with Crippen molar-refractivity contribution in [3.63, 3.8) is 0 Å². The molecule has 9 heteroatoms. The number of fused-ring (bicyclic) bond motifs is 1. The van der Waals surface area contributed by atoms with Gasteiger partial charge < -0.3 is 19.3 Å². The summed E-state index contributed by atoms with van der Waals surface area (Å²) in [5.41, 5.74) is 2.10. The molecule has 3 heterocycles. The summed E-state index contributed by atoms with van der Waals surface area (Å²) in [6, 6.07) is 19.2. The summed E-state index contributed by atoms with van der Waals surface area (Å²) in [5.74, 6) is 0.395. The van der Waals surface area contributed by atoms with Gasteiger partial charge in [0.1, 0.15) is 11.9 Å². The van der Waals surface area contributed by atoms with Crippen LogP contribution in [-0.2, 0) is 22.7 Å². The summed E-state index contributed by atoms with van der Waals surface area (Å²) in [5, 5.41) is 8.36. The Bertz CT molecular complexity index is 1110. The van der Waals surface area contributed by atoms with E-state index in [1.54, 1.807) is 14.5 Å². The molecule has 2 aliphatic rings. The zero-order chi connectivity index (χ0) is 22.6. The van der Waals surface area contributed by atoms with Crippen molar-refractivity contribution in [3.05, 3.63) is 77.6 Å². The van der Waals surface area contributed by atoms with E-state index in [2.05, 4.69) is 10.3 Å². The molecule has 0 saturated carbocycles. The Kier molecular flexibility index (Phi) is 6.03. The molecule has 0 unspecified atom stereocenters. The van der Waals surface area contributed by atoms with Gasteiger partial charge in [-0.05, 0) is 17.7 Å². The third-order valence-corrected chi connectivity index (χ3v) is 6.00. The summed E-state index contributed by atoms with van der Waals surface area (Å²) >= 11 is 0. The van der Waals surface area contributed by atoms with Gasteiger partial charge in [-0.15, -0.1) is 5.10 Å². The Morgan fingerprint density at radius 2 is 1.61 bits per heavy atom. The smallest absolute Gasteiger partial charge is 0.276 e. The van der Waals surface area contributed by atoms with Gasteiger partial charge in [-0.3, -0.25) is 9.59 Å². The zero-order valence-electron chi connectivity index (χ0n) is 18.2. The topological polar surface area (TPSA) is 89.8 Å². The van der Waals surface area contributed by atoms with Crippen molar-refractivity contribution >= 4 is 11.8 Å². The fourth-order valence-corrected chi connectivity index (χ4v) is 4.11. The summed E-state index contributed by atoms with van der Waals surface area (Å²) < 4.78 is 13.3. The maximum absolute atomic E-state index is 13.1. The minimum absolute atomic E-state index is 0.0175. The summed E-state index contributed by atoms with van der Waals surface area (Å²) in [7, 11) is 0.